The number of carbonyl (C=O) groups is 1. The Labute approximate surface area is 146 Å². The SMILES string of the molecule is O=C(c1ncccn1)N1C[C@H](OCc2ccccc2)[C@]2(CCCO2)C1. The van der Waals surface area contributed by atoms with E-state index in [4.69, 9.17) is 9.47 Å². The van der Waals surface area contributed by atoms with Crippen LogP contribution in [0.5, 0.6) is 0 Å². The fourth-order valence-corrected chi connectivity index (χ4v) is 3.63. The molecule has 25 heavy (non-hydrogen) atoms. The van der Waals surface area contributed by atoms with Gasteiger partial charge in [0.05, 0.1) is 19.7 Å². The minimum Gasteiger partial charge on any atom is -0.370 e. The molecule has 130 valence electrons. The first-order chi connectivity index (χ1) is 12.3. The van der Waals surface area contributed by atoms with Crippen molar-refractivity contribution in [2.45, 2.75) is 31.2 Å². The molecule has 6 heteroatoms. The molecule has 2 aromatic rings. The predicted octanol–water partition coefficient (Wildman–Crippen LogP) is 2.07. The van der Waals surface area contributed by atoms with E-state index in [2.05, 4.69) is 9.97 Å². The molecule has 2 aliphatic heterocycles. The number of benzene rings is 1. The number of likely N-dealkylation sites (tertiary alicyclic amines) is 1. The van der Waals surface area contributed by atoms with Crippen LogP contribution in [0.4, 0.5) is 0 Å². The molecule has 0 saturated carbocycles. The molecule has 3 heterocycles. The van der Waals surface area contributed by atoms with Crippen LogP contribution < -0.4 is 0 Å². The molecule has 0 N–H and O–H groups in total. The van der Waals surface area contributed by atoms with Crippen LogP contribution in [0.3, 0.4) is 0 Å². The maximum absolute atomic E-state index is 12.7. The molecule has 2 fully saturated rings. The molecule has 0 radical (unpaired) electrons. The summed E-state index contributed by atoms with van der Waals surface area (Å²) in [6, 6.07) is 11.8. The fraction of sp³-hybridized carbons (Fsp3) is 0.421. The van der Waals surface area contributed by atoms with Crippen LogP contribution in [0.15, 0.2) is 48.8 Å². The lowest BCUT2D eigenvalue weighted by Gasteiger charge is -2.28. The van der Waals surface area contributed by atoms with Crippen LogP contribution in [-0.4, -0.2) is 52.2 Å². The number of rotatable bonds is 4. The van der Waals surface area contributed by atoms with E-state index in [0.29, 0.717) is 19.7 Å². The maximum atomic E-state index is 12.7. The summed E-state index contributed by atoms with van der Waals surface area (Å²) in [7, 11) is 0. The van der Waals surface area contributed by atoms with Crippen molar-refractivity contribution in [2.24, 2.45) is 0 Å². The molecule has 2 atom stereocenters. The highest BCUT2D eigenvalue weighted by Crippen LogP contribution is 2.37. The molecule has 1 aromatic heterocycles. The van der Waals surface area contributed by atoms with E-state index in [9.17, 15) is 4.79 Å². The van der Waals surface area contributed by atoms with Crippen molar-refractivity contribution in [3.63, 3.8) is 0 Å². The van der Waals surface area contributed by atoms with Gasteiger partial charge in [0.1, 0.15) is 11.7 Å². The monoisotopic (exact) mass is 339 g/mol. The molecule has 2 saturated heterocycles. The molecule has 1 spiro atoms. The third kappa shape index (κ3) is 3.27. The van der Waals surface area contributed by atoms with Gasteiger partial charge in [0.25, 0.3) is 5.91 Å². The molecule has 1 aromatic carbocycles. The summed E-state index contributed by atoms with van der Waals surface area (Å²) in [5.74, 6) is 0.0562. The fourth-order valence-electron chi connectivity index (χ4n) is 3.63. The Morgan fingerprint density at radius 2 is 2.04 bits per heavy atom. The Morgan fingerprint density at radius 1 is 1.24 bits per heavy atom. The van der Waals surface area contributed by atoms with E-state index >= 15 is 0 Å². The summed E-state index contributed by atoms with van der Waals surface area (Å²) in [5, 5.41) is 0. The molecule has 0 unspecified atom stereocenters. The first-order valence-corrected chi connectivity index (χ1v) is 8.63. The molecule has 0 aliphatic carbocycles. The summed E-state index contributed by atoms with van der Waals surface area (Å²) in [6.07, 6.45) is 4.94. The highest BCUT2D eigenvalue weighted by molar-refractivity contribution is 5.90. The molecular weight excluding hydrogens is 318 g/mol. The smallest absolute Gasteiger partial charge is 0.291 e. The average molecular weight is 339 g/mol. The van der Waals surface area contributed by atoms with Gasteiger partial charge in [0, 0.05) is 19.0 Å². The van der Waals surface area contributed by atoms with Gasteiger partial charge >= 0.3 is 0 Å². The van der Waals surface area contributed by atoms with E-state index in [0.717, 1.165) is 25.0 Å². The Bertz CT molecular complexity index is 717. The zero-order chi connectivity index (χ0) is 17.1. The lowest BCUT2D eigenvalue weighted by Crippen LogP contribution is -2.42. The molecule has 2 aliphatic rings. The first kappa shape index (κ1) is 16.2. The molecule has 0 bridgehead atoms. The van der Waals surface area contributed by atoms with Crippen LogP contribution in [-0.2, 0) is 16.1 Å². The van der Waals surface area contributed by atoms with Crippen molar-refractivity contribution in [1.82, 2.24) is 14.9 Å². The van der Waals surface area contributed by atoms with Gasteiger partial charge in [0.15, 0.2) is 0 Å². The number of hydrogen-bond acceptors (Lipinski definition) is 5. The Hall–Kier alpha value is -2.31. The van der Waals surface area contributed by atoms with Crippen LogP contribution >= 0.6 is 0 Å². The second-order valence-corrected chi connectivity index (χ2v) is 6.56. The van der Waals surface area contributed by atoms with E-state index in [1.165, 1.54) is 0 Å². The lowest BCUT2D eigenvalue weighted by atomic mass is 9.96. The summed E-state index contributed by atoms with van der Waals surface area (Å²) >= 11 is 0. The topological polar surface area (TPSA) is 64.6 Å². The summed E-state index contributed by atoms with van der Waals surface area (Å²) in [5.41, 5.74) is 0.714. The van der Waals surface area contributed by atoms with Crippen LogP contribution in [0.1, 0.15) is 29.0 Å². The van der Waals surface area contributed by atoms with Crippen molar-refractivity contribution in [3.8, 4) is 0 Å². The number of hydrogen-bond donors (Lipinski definition) is 0. The van der Waals surface area contributed by atoms with E-state index in [1.54, 1.807) is 23.4 Å². The van der Waals surface area contributed by atoms with Crippen LogP contribution in [0.25, 0.3) is 0 Å². The van der Waals surface area contributed by atoms with Gasteiger partial charge in [-0.15, -0.1) is 0 Å². The third-order valence-corrected chi connectivity index (χ3v) is 4.90. The lowest BCUT2D eigenvalue weighted by molar-refractivity contribution is -0.0959. The van der Waals surface area contributed by atoms with Crippen molar-refractivity contribution >= 4 is 5.91 Å². The van der Waals surface area contributed by atoms with E-state index < -0.39 is 5.60 Å². The van der Waals surface area contributed by atoms with Crippen molar-refractivity contribution in [2.75, 3.05) is 19.7 Å². The van der Waals surface area contributed by atoms with Gasteiger partial charge in [-0.25, -0.2) is 9.97 Å². The summed E-state index contributed by atoms with van der Waals surface area (Å²) in [6.45, 7) is 2.27. The van der Waals surface area contributed by atoms with Crippen LogP contribution in [0.2, 0.25) is 0 Å². The third-order valence-electron chi connectivity index (χ3n) is 4.90. The van der Waals surface area contributed by atoms with Crippen molar-refractivity contribution in [3.05, 3.63) is 60.2 Å². The van der Waals surface area contributed by atoms with Gasteiger partial charge in [-0.3, -0.25) is 4.79 Å². The minimum absolute atomic E-state index is 0.136. The highest BCUT2D eigenvalue weighted by atomic mass is 16.6. The Kier molecular flexibility index (Phi) is 4.46. The number of nitrogens with zero attached hydrogens (tertiary/aromatic N) is 3. The van der Waals surface area contributed by atoms with Crippen molar-refractivity contribution < 1.29 is 14.3 Å². The van der Waals surface area contributed by atoms with Crippen LogP contribution in [0, 0.1) is 0 Å². The second kappa shape index (κ2) is 6.90. The molecule has 4 rings (SSSR count). The zero-order valence-electron chi connectivity index (χ0n) is 14.0. The second-order valence-electron chi connectivity index (χ2n) is 6.56. The Balaban J connectivity index is 1.49. The van der Waals surface area contributed by atoms with Gasteiger partial charge < -0.3 is 14.4 Å². The average Bonchev–Trinajstić information content (AvgIpc) is 3.29. The van der Waals surface area contributed by atoms with Gasteiger partial charge in [0.2, 0.25) is 5.82 Å². The van der Waals surface area contributed by atoms with Gasteiger partial charge in [-0.1, -0.05) is 30.3 Å². The number of ether oxygens (including phenoxy) is 2. The molecular formula is C19H21N3O3. The van der Waals surface area contributed by atoms with E-state index in [-0.39, 0.29) is 17.8 Å². The minimum atomic E-state index is -0.404. The Morgan fingerprint density at radius 3 is 2.76 bits per heavy atom. The number of carbonyl (C=O) groups excluding carboxylic acids is 1. The first-order valence-electron chi connectivity index (χ1n) is 8.63. The predicted molar refractivity (Wildman–Crippen MR) is 90.9 cm³/mol. The quantitative estimate of drug-likeness (QED) is 0.853. The van der Waals surface area contributed by atoms with Gasteiger partial charge in [-0.2, -0.15) is 0 Å². The molecule has 6 nitrogen and oxygen atoms in total. The summed E-state index contributed by atoms with van der Waals surface area (Å²) in [4.78, 5) is 22.6. The van der Waals surface area contributed by atoms with Crippen molar-refractivity contribution in [1.29, 1.82) is 0 Å². The van der Waals surface area contributed by atoms with Gasteiger partial charge in [-0.05, 0) is 24.5 Å². The number of aromatic nitrogens is 2. The normalized spacial score (nSPS) is 25.6. The number of amides is 1. The maximum Gasteiger partial charge on any atom is 0.291 e. The summed E-state index contributed by atoms with van der Waals surface area (Å²) < 4.78 is 12.2. The largest absolute Gasteiger partial charge is 0.370 e. The zero-order valence-corrected chi connectivity index (χ0v) is 14.0. The molecule has 1 amide bonds. The van der Waals surface area contributed by atoms with E-state index in [1.807, 2.05) is 30.3 Å². The standard InChI is InChI=1S/C19H21N3O3/c23-18(17-20-9-5-10-21-17)22-12-16(19(14-22)8-4-11-25-19)24-13-15-6-2-1-3-7-15/h1-3,5-7,9-10,16H,4,8,11-14H2/t16-,19-/m0/s1. The highest BCUT2D eigenvalue weighted by Gasteiger charge is 2.52.